The molecule has 0 N–H and O–H groups in total. The Hall–Kier alpha value is -2.95. The number of nitrogens with zero attached hydrogens (tertiary/aromatic N) is 3. The van der Waals surface area contributed by atoms with E-state index in [2.05, 4.69) is 11.1 Å². The summed E-state index contributed by atoms with van der Waals surface area (Å²) in [4.78, 5) is 30.9. The van der Waals surface area contributed by atoms with E-state index in [0.29, 0.717) is 17.4 Å². The first-order valence-electron chi connectivity index (χ1n) is 8.20. The van der Waals surface area contributed by atoms with Crippen molar-refractivity contribution in [3.8, 4) is 0 Å². The highest BCUT2D eigenvalue weighted by Gasteiger charge is 2.13. The molecule has 0 saturated carbocycles. The zero-order chi connectivity index (χ0) is 18.0. The summed E-state index contributed by atoms with van der Waals surface area (Å²) in [6, 6.07) is 13.3. The second-order valence-corrected chi connectivity index (χ2v) is 6.37. The Labute approximate surface area is 146 Å². The van der Waals surface area contributed by atoms with Crippen molar-refractivity contribution in [3.05, 3.63) is 75.8 Å². The highest BCUT2D eigenvalue weighted by atomic mass is 16.2. The third-order valence-electron chi connectivity index (χ3n) is 4.37. The molecule has 0 bridgehead atoms. The number of rotatable bonds is 4. The molecule has 3 aromatic rings. The lowest BCUT2D eigenvalue weighted by Crippen LogP contribution is -2.33. The Bertz CT molecular complexity index is 992. The Balaban J connectivity index is 1.77. The van der Waals surface area contributed by atoms with E-state index >= 15 is 0 Å². The van der Waals surface area contributed by atoms with Crippen LogP contribution in [0.5, 0.6) is 0 Å². The summed E-state index contributed by atoms with van der Waals surface area (Å²) < 4.78 is 1.36. The fourth-order valence-corrected chi connectivity index (χ4v) is 2.85. The molecule has 0 unspecified atom stereocenters. The maximum absolute atomic E-state index is 12.5. The lowest BCUT2D eigenvalue weighted by Gasteiger charge is -2.19. The highest BCUT2D eigenvalue weighted by molar-refractivity contribution is 5.78. The van der Waals surface area contributed by atoms with Crippen LogP contribution in [0.1, 0.15) is 16.7 Å². The maximum Gasteiger partial charge on any atom is 0.261 e. The number of fused-ring (bicyclic) bond motifs is 1. The lowest BCUT2D eigenvalue weighted by molar-refractivity contribution is -0.131. The zero-order valence-electron chi connectivity index (χ0n) is 14.7. The molecule has 0 radical (unpaired) electrons. The Kier molecular flexibility index (Phi) is 4.65. The maximum atomic E-state index is 12.5. The van der Waals surface area contributed by atoms with Gasteiger partial charge in [-0.05, 0) is 37.1 Å². The predicted molar refractivity (Wildman–Crippen MR) is 98.4 cm³/mol. The van der Waals surface area contributed by atoms with E-state index < -0.39 is 0 Å². The van der Waals surface area contributed by atoms with Gasteiger partial charge < -0.3 is 4.90 Å². The third-order valence-corrected chi connectivity index (χ3v) is 4.37. The summed E-state index contributed by atoms with van der Waals surface area (Å²) in [5.74, 6) is -0.126. The topological polar surface area (TPSA) is 55.2 Å². The molecule has 0 spiro atoms. The summed E-state index contributed by atoms with van der Waals surface area (Å²) >= 11 is 0. The molecule has 2 aromatic carbocycles. The van der Waals surface area contributed by atoms with Gasteiger partial charge in [-0.3, -0.25) is 14.2 Å². The highest BCUT2D eigenvalue weighted by Crippen LogP contribution is 2.13. The number of amides is 1. The Morgan fingerprint density at radius 2 is 1.92 bits per heavy atom. The molecular weight excluding hydrogens is 314 g/mol. The molecule has 128 valence electrons. The van der Waals surface area contributed by atoms with Gasteiger partial charge in [0.05, 0.1) is 17.2 Å². The van der Waals surface area contributed by atoms with Crippen LogP contribution in [0.4, 0.5) is 0 Å². The van der Waals surface area contributed by atoms with Crippen LogP contribution in [0.2, 0.25) is 0 Å². The van der Waals surface area contributed by atoms with Crippen LogP contribution in [-0.2, 0) is 17.9 Å². The second kappa shape index (κ2) is 6.89. The summed E-state index contributed by atoms with van der Waals surface area (Å²) in [7, 11) is 1.75. The van der Waals surface area contributed by atoms with E-state index in [4.69, 9.17) is 0 Å². The van der Waals surface area contributed by atoms with Gasteiger partial charge in [0.15, 0.2) is 0 Å². The molecule has 0 saturated heterocycles. The number of carbonyl (C=O) groups excluding carboxylic acids is 1. The van der Waals surface area contributed by atoms with Crippen LogP contribution in [0.25, 0.3) is 10.9 Å². The van der Waals surface area contributed by atoms with Crippen molar-refractivity contribution in [1.29, 1.82) is 0 Å². The summed E-state index contributed by atoms with van der Waals surface area (Å²) in [5, 5.41) is 0.523. The second-order valence-electron chi connectivity index (χ2n) is 6.37. The summed E-state index contributed by atoms with van der Waals surface area (Å²) in [6.45, 7) is 4.59. The van der Waals surface area contributed by atoms with Crippen molar-refractivity contribution < 1.29 is 4.79 Å². The number of likely N-dealkylation sites (N-methyl/N-ethyl adjacent to an activating group) is 1. The first-order chi connectivity index (χ1) is 12.0. The summed E-state index contributed by atoms with van der Waals surface area (Å²) in [5.41, 5.74) is 3.90. The molecule has 1 amide bonds. The molecule has 5 heteroatoms. The molecule has 0 fully saturated rings. The van der Waals surface area contributed by atoms with Crippen molar-refractivity contribution in [2.24, 2.45) is 0 Å². The van der Waals surface area contributed by atoms with Gasteiger partial charge in [0.25, 0.3) is 5.56 Å². The number of para-hydroxylation sites is 1. The number of hydrogen-bond acceptors (Lipinski definition) is 3. The van der Waals surface area contributed by atoms with E-state index in [1.165, 1.54) is 16.5 Å². The third kappa shape index (κ3) is 3.60. The van der Waals surface area contributed by atoms with Gasteiger partial charge in [0.1, 0.15) is 6.54 Å². The van der Waals surface area contributed by atoms with Crippen molar-refractivity contribution in [2.45, 2.75) is 26.9 Å². The van der Waals surface area contributed by atoms with Crippen molar-refractivity contribution in [3.63, 3.8) is 0 Å². The quantitative estimate of drug-likeness (QED) is 0.736. The van der Waals surface area contributed by atoms with Crippen molar-refractivity contribution >= 4 is 16.8 Å². The Morgan fingerprint density at radius 1 is 1.16 bits per heavy atom. The average Bonchev–Trinajstić information content (AvgIpc) is 2.60. The fraction of sp³-hybridized carbons (Fsp3) is 0.250. The lowest BCUT2D eigenvalue weighted by atomic mass is 10.1. The number of hydrogen-bond donors (Lipinski definition) is 0. The molecule has 0 aliphatic rings. The van der Waals surface area contributed by atoms with Crippen LogP contribution < -0.4 is 5.56 Å². The largest absolute Gasteiger partial charge is 0.340 e. The molecule has 5 nitrogen and oxygen atoms in total. The van der Waals surface area contributed by atoms with Crippen molar-refractivity contribution in [1.82, 2.24) is 14.5 Å². The van der Waals surface area contributed by atoms with Crippen LogP contribution in [0.15, 0.2) is 53.6 Å². The number of carbonyl (C=O) groups is 1. The van der Waals surface area contributed by atoms with E-state index in [-0.39, 0.29) is 18.0 Å². The SMILES string of the molecule is Cc1ccc(CN(C)C(=O)Cn2cnc3ccccc3c2=O)c(C)c1. The number of aromatic nitrogens is 2. The standard InChI is InChI=1S/C20H21N3O2/c1-14-8-9-16(15(2)10-14)11-22(3)19(24)12-23-13-21-18-7-5-4-6-17(18)20(23)25/h4-10,13H,11-12H2,1-3H3. The molecule has 25 heavy (non-hydrogen) atoms. The molecule has 0 atom stereocenters. The fourth-order valence-electron chi connectivity index (χ4n) is 2.85. The number of benzene rings is 2. The van der Waals surface area contributed by atoms with Gasteiger partial charge in [-0.25, -0.2) is 4.98 Å². The van der Waals surface area contributed by atoms with E-state index in [0.717, 1.165) is 11.1 Å². The van der Waals surface area contributed by atoms with E-state index in [1.54, 1.807) is 30.1 Å². The van der Waals surface area contributed by atoms with Gasteiger partial charge in [0, 0.05) is 13.6 Å². The predicted octanol–water partition coefficient (Wildman–Crippen LogP) is 2.67. The minimum atomic E-state index is -0.195. The molecule has 1 heterocycles. The molecular formula is C20H21N3O2. The molecule has 0 aliphatic carbocycles. The van der Waals surface area contributed by atoms with Crippen LogP contribution in [-0.4, -0.2) is 27.4 Å². The minimum absolute atomic E-state index is 0.0158. The van der Waals surface area contributed by atoms with Crippen LogP contribution in [0, 0.1) is 13.8 Å². The zero-order valence-corrected chi connectivity index (χ0v) is 14.7. The van der Waals surface area contributed by atoms with Crippen molar-refractivity contribution in [2.75, 3.05) is 7.05 Å². The minimum Gasteiger partial charge on any atom is -0.340 e. The summed E-state index contributed by atoms with van der Waals surface area (Å²) in [6.07, 6.45) is 1.44. The molecule has 3 rings (SSSR count). The average molecular weight is 335 g/mol. The smallest absolute Gasteiger partial charge is 0.261 e. The normalized spacial score (nSPS) is 10.8. The monoisotopic (exact) mass is 335 g/mol. The van der Waals surface area contributed by atoms with Crippen LogP contribution in [0.3, 0.4) is 0 Å². The van der Waals surface area contributed by atoms with Gasteiger partial charge in [-0.2, -0.15) is 0 Å². The van der Waals surface area contributed by atoms with Gasteiger partial charge >= 0.3 is 0 Å². The molecule has 0 aliphatic heterocycles. The van der Waals surface area contributed by atoms with Crippen LogP contribution >= 0.6 is 0 Å². The van der Waals surface area contributed by atoms with E-state index in [1.807, 2.05) is 32.0 Å². The number of aryl methyl sites for hydroxylation is 2. The van der Waals surface area contributed by atoms with E-state index in [9.17, 15) is 9.59 Å². The molecule has 1 aromatic heterocycles. The first kappa shape index (κ1) is 16.9. The van der Waals surface area contributed by atoms with Gasteiger partial charge in [-0.1, -0.05) is 35.9 Å². The first-order valence-corrected chi connectivity index (χ1v) is 8.20. The Morgan fingerprint density at radius 3 is 2.68 bits per heavy atom. The van der Waals surface area contributed by atoms with Gasteiger partial charge in [-0.15, -0.1) is 0 Å². The van der Waals surface area contributed by atoms with Gasteiger partial charge in [0.2, 0.25) is 5.91 Å².